The summed E-state index contributed by atoms with van der Waals surface area (Å²) in [7, 11) is 0. The Balaban J connectivity index is 1.53. The molecule has 1 aliphatic rings. The summed E-state index contributed by atoms with van der Waals surface area (Å²) in [5.74, 6) is 0.564. The fourth-order valence-electron chi connectivity index (χ4n) is 2.60. The summed E-state index contributed by atoms with van der Waals surface area (Å²) >= 11 is 0. The number of carbonyl (C=O) groups is 1. The summed E-state index contributed by atoms with van der Waals surface area (Å²) < 4.78 is 1.78. The molecule has 0 atom stereocenters. The third-order valence-corrected chi connectivity index (χ3v) is 3.64. The van der Waals surface area contributed by atoms with Crippen LogP contribution in [0.5, 0.6) is 0 Å². The van der Waals surface area contributed by atoms with Crippen LogP contribution in [0, 0.1) is 0 Å². The highest BCUT2D eigenvalue weighted by atomic mass is 16.2. The Morgan fingerprint density at radius 3 is 2.95 bits per heavy atom. The lowest BCUT2D eigenvalue weighted by Crippen LogP contribution is -2.36. The van der Waals surface area contributed by atoms with Gasteiger partial charge in [-0.2, -0.15) is 5.10 Å². The molecule has 1 fully saturated rings. The number of pyridine rings is 1. The molecule has 1 saturated carbocycles. The van der Waals surface area contributed by atoms with Crippen molar-refractivity contribution < 1.29 is 4.79 Å². The molecule has 1 aliphatic carbocycles. The second-order valence-electron chi connectivity index (χ2n) is 5.34. The Labute approximate surface area is 123 Å². The molecule has 0 radical (unpaired) electrons. The molecular formula is C15H19N5O. The van der Waals surface area contributed by atoms with E-state index >= 15 is 0 Å². The number of rotatable bonds is 4. The monoisotopic (exact) mass is 285 g/mol. The van der Waals surface area contributed by atoms with Crippen LogP contribution in [0.3, 0.4) is 0 Å². The molecule has 0 saturated heterocycles. The maximum atomic E-state index is 11.9. The van der Waals surface area contributed by atoms with Gasteiger partial charge in [0.2, 0.25) is 0 Å². The largest absolute Gasteiger partial charge is 0.335 e. The second-order valence-corrected chi connectivity index (χ2v) is 5.34. The van der Waals surface area contributed by atoms with Gasteiger partial charge in [0.05, 0.1) is 6.54 Å². The minimum atomic E-state index is -0.173. The topological polar surface area (TPSA) is 71.8 Å². The molecule has 6 heteroatoms. The van der Waals surface area contributed by atoms with Crippen molar-refractivity contribution in [1.29, 1.82) is 0 Å². The molecule has 0 bridgehead atoms. The summed E-state index contributed by atoms with van der Waals surface area (Å²) in [5.41, 5.74) is 1.07. The first kappa shape index (κ1) is 13.6. The fourth-order valence-corrected chi connectivity index (χ4v) is 2.60. The van der Waals surface area contributed by atoms with Gasteiger partial charge in [0.25, 0.3) is 0 Å². The molecule has 2 aromatic rings. The molecule has 0 aliphatic heterocycles. The van der Waals surface area contributed by atoms with Gasteiger partial charge in [-0.05, 0) is 24.5 Å². The minimum absolute atomic E-state index is 0.173. The Morgan fingerprint density at radius 2 is 2.19 bits per heavy atom. The van der Waals surface area contributed by atoms with Gasteiger partial charge in [-0.3, -0.25) is 15.0 Å². The average Bonchev–Trinajstić information content (AvgIpc) is 3.12. The fraction of sp³-hybridized carbons (Fsp3) is 0.400. The van der Waals surface area contributed by atoms with Crippen LogP contribution >= 0.6 is 0 Å². The third kappa shape index (κ3) is 3.81. The van der Waals surface area contributed by atoms with Crippen LogP contribution in [0.2, 0.25) is 0 Å². The van der Waals surface area contributed by atoms with Gasteiger partial charge in [-0.25, -0.2) is 4.79 Å². The van der Waals surface area contributed by atoms with E-state index in [0.717, 1.165) is 18.4 Å². The lowest BCUT2D eigenvalue weighted by atomic mass is 10.3. The van der Waals surface area contributed by atoms with E-state index in [2.05, 4.69) is 20.7 Å². The van der Waals surface area contributed by atoms with Gasteiger partial charge in [0.15, 0.2) is 5.82 Å². The van der Waals surface area contributed by atoms with Crippen molar-refractivity contribution in [3.05, 3.63) is 42.4 Å². The molecule has 3 rings (SSSR count). The van der Waals surface area contributed by atoms with E-state index in [9.17, 15) is 4.79 Å². The highest BCUT2D eigenvalue weighted by molar-refractivity contribution is 5.88. The van der Waals surface area contributed by atoms with Crippen LogP contribution in [0.1, 0.15) is 31.2 Å². The number of hydrogen-bond acceptors (Lipinski definition) is 3. The van der Waals surface area contributed by atoms with Crippen molar-refractivity contribution in [1.82, 2.24) is 20.1 Å². The standard InChI is InChI=1S/C15H19N5O/c21-15(17-13-5-1-2-6-13)18-14-7-9-20(19-14)11-12-4-3-8-16-10-12/h3-4,7-10,13H,1-2,5-6,11H2,(H2,17,18,19,21). The Hall–Kier alpha value is -2.37. The molecule has 0 spiro atoms. The molecule has 6 nitrogen and oxygen atoms in total. The minimum Gasteiger partial charge on any atom is -0.335 e. The van der Waals surface area contributed by atoms with E-state index in [4.69, 9.17) is 0 Å². The van der Waals surface area contributed by atoms with Gasteiger partial charge in [0.1, 0.15) is 0 Å². The van der Waals surface area contributed by atoms with Crippen molar-refractivity contribution in [3.8, 4) is 0 Å². The summed E-state index contributed by atoms with van der Waals surface area (Å²) in [5, 5.41) is 10.1. The maximum absolute atomic E-state index is 11.9. The third-order valence-electron chi connectivity index (χ3n) is 3.64. The molecule has 2 amide bonds. The number of amides is 2. The molecule has 2 heterocycles. The second kappa shape index (κ2) is 6.39. The predicted molar refractivity (Wildman–Crippen MR) is 80.0 cm³/mol. The van der Waals surface area contributed by atoms with Crippen molar-refractivity contribution in [2.45, 2.75) is 38.3 Å². The molecule has 110 valence electrons. The lowest BCUT2D eigenvalue weighted by Gasteiger charge is -2.11. The number of carbonyl (C=O) groups excluding carboxylic acids is 1. The van der Waals surface area contributed by atoms with Crippen molar-refractivity contribution in [2.24, 2.45) is 0 Å². The van der Waals surface area contributed by atoms with Crippen LogP contribution in [-0.4, -0.2) is 26.8 Å². The van der Waals surface area contributed by atoms with Crippen LogP contribution in [0.25, 0.3) is 0 Å². The lowest BCUT2D eigenvalue weighted by molar-refractivity contribution is 0.248. The number of aromatic nitrogens is 3. The Kier molecular flexibility index (Phi) is 4.14. The summed E-state index contributed by atoms with van der Waals surface area (Å²) in [6, 6.07) is 5.82. The highest BCUT2D eigenvalue weighted by Gasteiger charge is 2.17. The predicted octanol–water partition coefficient (Wildman–Crippen LogP) is 2.39. The first-order valence-electron chi connectivity index (χ1n) is 7.29. The smallest absolute Gasteiger partial charge is 0.320 e. The molecule has 21 heavy (non-hydrogen) atoms. The molecule has 2 N–H and O–H groups in total. The molecule has 2 aromatic heterocycles. The van der Waals surface area contributed by atoms with Gasteiger partial charge in [-0.1, -0.05) is 18.9 Å². The van der Waals surface area contributed by atoms with Crippen LogP contribution < -0.4 is 10.6 Å². The Morgan fingerprint density at radius 1 is 1.33 bits per heavy atom. The van der Waals surface area contributed by atoms with Crippen molar-refractivity contribution in [2.75, 3.05) is 5.32 Å². The summed E-state index contributed by atoms with van der Waals surface area (Å²) in [6.45, 7) is 0.639. The van der Waals surface area contributed by atoms with Crippen LogP contribution in [-0.2, 0) is 6.54 Å². The zero-order valence-corrected chi connectivity index (χ0v) is 11.8. The van der Waals surface area contributed by atoms with Crippen LogP contribution in [0.15, 0.2) is 36.8 Å². The zero-order valence-electron chi connectivity index (χ0n) is 11.8. The summed E-state index contributed by atoms with van der Waals surface area (Å²) in [4.78, 5) is 15.9. The van der Waals surface area contributed by atoms with Gasteiger partial charge in [0, 0.05) is 30.7 Å². The van der Waals surface area contributed by atoms with E-state index in [-0.39, 0.29) is 6.03 Å². The Bertz CT molecular complexity index is 589. The van der Waals surface area contributed by atoms with E-state index in [1.54, 1.807) is 16.9 Å². The molecular weight excluding hydrogens is 266 g/mol. The van der Waals surface area contributed by atoms with Crippen molar-refractivity contribution in [3.63, 3.8) is 0 Å². The zero-order chi connectivity index (χ0) is 14.5. The quantitative estimate of drug-likeness (QED) is 0.906. The first-order chi connectivity index (χ1) is 10.3. The number of urea groups is 1. The number of hydrogen-bond donors (Lipinski definition) is 2. The normalized spacial score (nSPS) is 15.0. The van der Waals surface area contributed by atoms with Gasteiger partial charge < -0.3 is 5.32 Å². The first-order valence-corrected chi connectivity index (χ1v) is 7.29. The molecule has 0 unspecified atom stereocenters. The SMILES string of the molecule is O=C(Nc1ccn(Cc2cccnc2)n1)NC1CCCC1. The number of nitrogens with zero attached hydrogens (tertiary/aromatic N) is 3. The summed E-state index contributed by atoms with van der Waals surface area (Å²) in [6.07, 6.45) is 9.94. The number of nitrogens with one attached hydrogen (secondary N) is 2. The highest BCUT2D eigenvalue weighted by Crippen LogP contribution is 2.17. The van der Waals surface area contributed by atoms with Gasteiger partial charge >= 0.3 is 6.03 Å². The van der Waals surface area contributed by atoms with Crippen molar-refractivity contribution >= 4 is 11.8 Å². The van der Waals surface area contributed by atoms with E-state index < -0.39 is 0 Å². The van der Waals surface area contributed by atoms with Gasteiger partial charge in [-0.15, -0.1) is 0 Å². The van der Waals surface area contributed by atoms with E-state index in [1.807, 2.05) is 24.5 Å². The van der Waals surface area contributed by atoms with Crippen LogP contribution in [0.4, 0.5) is 10.6 Å². The van der Waals surface area contributed by atoms with E-state index in [0.29, 0.717) is 18.4 Å². The molecule has 0 aromatic carbocycles. The van der Waals surface area contributed by atoms with E-state index in [1.165, 1.54) is 12.8 Å². The maximum Gasteiger partial charge on any atom is 0.320 e. The number of anilines is 1. The average molecular weight is 285 g/mol.